The number of aliphatic imine (C=N–C) groups is 2. The highest BCUT2D eigenvalue weighted by Crippen LogP contribution is 2.29. The summed E-state index contributed by atoms with van der Waals surface area (Å²) in [5.41, 5.74) is 3.51. The van der Waals surface area contributed by atoms with Crippen LogP contribution in [-0.2, 0) is 6.42 Å². The van der Waals surface area contributed by atoms with E-state index < -0.39 is 0 Å². The minimum Gasteiger partial charge on any atom is -0.288 e. The number of thioether (sulfide) groups is 1. The predicted molar refractivity (Wildman–Crippen MR) is 119 cm³/mol. The number of allylic oxidation sites excluding steroid dienone is 2. The second-order valence-corrected chi connectivity index (χ2v) is 7.42. The number of carbonyl (C=O) groups is 1. The zero-order valence-electron chi connectivity index (χ0n) is 15.9. The molecule has 0 aromatic heterocycles. The molecule has 3 rings (SSSR count). The van der Waals surface area contributed by atoms with E-state index in [0.29, 0.717) is 17.0 Å². The van der Waals surface area contributed by atoms with Gasteiger partial charge in [0.05, 0.1) is 10.6 Å². The molecule has 0 spiro atoms. The number of Topliss-reactive ketones (excluding diaryl/α,β-unsaturated/α-hetero) is 1. The third kappa shape index (κ3) is 5.14. The summed E-state index contributed by atoms with van der Waals surface area (Å²) in [6.07, 6.45) is 6.17. The summed E-state index contributed by atoms with van der Waals surface area (Å²) >= 11 is 1.09. The normalized spacial score (nSPS) is 15.0. The highest BCUT2D eigenvalue weighted by molar-refractivity contribution is 8.17. The number of amidine groups is 1. The first-order valence-corrected chi connectivity index (χ1v) is 10.2. The maximum atomic E-state index is 12.8. The molecule has 0 bridgehead atoms. The molecular weight excluding hydrogens is 366 g/mol. The molecule has 0 fully saturated rings. The van der Waals surface area contributed by atoms with Gasteiger partial charge in [0.2, 0.25) is 5.78 Å². The fourth-order valence-electron chi connectivity index (χ4n) is 2.87. The van der Waals surface area contributed by atoms with E-state index in [9.17, 15) is 4.79 Å². The molecule has 1 aliphatic rings. The SMILES string of the molecule is CCCC=NC(=N)SC1=CC(=NCCc2ccccc2)c2ccccc2C1=O. The Balaban J connectivity index is 1.81. The van der Waals surface area contributed by atoms with Crippen molar-refractivity contribution in [1.82, 2.24) is 0 Å². The molecule has 0 unspecified atom stereocenters. The van der Waals surface area contributed by atoms with Gasteiger partial charge in [-0.3, -0.25) is 15.2 Å². The van der Waals surface area contributed by atoms with E-state index in [2.05, 4.69) is 24.0 Å². The van der Waals surface area contributed by atoms with Crippen molar-refractivity contribution in [3.05, 3.63) is 82.3 Å². The molecule has 142 valence electrons. The third-order valence-corrected chi connectivity index (χ3v) is 5.12. The Morgan fingerprint density at radius 3 is 2.54 bits per heavy atom. The summed E-state index contributed by atoms with van der Waals surface area (Å²) in [5, 5.41) is 8.15. The molecule has 0 heterocycles. The van der Waals surface area contributed by atoms with Gasteiger partial charge in [-0.05, 0) is 36.2 Å². The fourth-order valence-corrected chi connectivity index (χ4v) is 3.58. The smallest absolute Gasteiger partial charge is 0.200 e. The van der Waals surface area contributed by atoms with E-state index in [1.807, 2.05) is 42.5 Å². The van der Waals surface area contributed by atoms with Gasteiger partial charge in [0.25, 0.3) is 0 Å². The van der Waals surface area contributed by atoms with Crippen molar-refractivity contribution < 1.29 is 4.79 Å². The number of ketones is 1. The number of benzene rings is 2. The number of unbranched alkanes of at least 4 members (excludes halogenated alkanes) is 1. The summed E-state index contributed by atoms with van der Waals surface area (Å²) in [4.78, 5) is 22.2. The van der Waals surface area contributed by atoms with Crippen LogP contribution in [0.3, 0.4) is 0 Å². The van der Waals surface area contributed by atoms with Crippen LogP contribution in [0.2, 0.25) is 0 Å². The van der Waals surface area contributed by atoms with E-state index in [1.165, 1.54) is 5.56 Å². The minimum absolute atomic E-state index is 0.0712. The second-order valence-electron chi connectivity index (χ2n) is 6.39. The van der Waals surface area contributed by atoms with Gasteiger partial charge in [0, 0.05) is 23.9 Å². The van der Waals surface area contributed by atoms with Crippen LogP contribution in [0.4, 0.5) is 0 Å². The Bertz CT molecular complexity index is 945. The highest BCUT2D eigenvalue weighted by Gasteiger charge is 2.25. The molecule has 0 saturated heterocycles. The molecule has 0 aliphatic heterocycles. The van der Waals surface area contributed by atoms with Crippen LogP contribution in [0.15, 0.2) is 75.6 Å². The number of fused-ring (bicyclic) bond motifs is 1. The van der Waals surface area contributed by atoms with Crippen molar-refractivity contribution in [2.24, 2.45) is 9.98 Å². The number of nitrogens with zero attached hydrogens (tertiary/aromatic N) is 2. The van der Waals surface area contributed by atoms with Gasteiger partial charge in [0.1, 0.15) is 0 Å². The van der Waals surface area contributed by atoms with Crippen LogP contribution in [0.25, 0.3) is 0 Å². The third-order valence-electron chi connectivity index (χ3n) is 4.30. The van der Waals surface area contributed by atoms with E-state index in [0.717, 1.165) is 42.3 Å². The van der Waals surface area contributed by atoms with Crippen LogP contribution in [0.5, 0.6) is 0 Å². The van der Waals surface area contributed by atoms with Crippen molar-refractivity contribution in [2.75, 3.05) is 6.54 Å². The maximum absolute atomic E-state index is 12.8. The molecule has 5 heteroatoms. The van der Waals surface area contributed by atoms with Crippen LogP contribution in [0, 0.1) is 5.41 Å². The summed E-state index contributed by atoms with van der Waals surface area (Å²) < 4.78 is 0. The maximum Gasteiger partial charge on any atom is 0.200 e. The summed E-state index contributed by atoms with van der Waals surface area (Å²) in [5.74, 6) is -0.0712. The first-order chi connectivity index (χ1) is 13.7. The van der Waals surface area contributed by atoms with E-state index in [4.69, 9.17) is 10.4 Å². The average Bonchev–Trinajstić information content (AvgIpc) is 2.72. The van der Waals surface area contributed by atoms with Crippen LogP contribution >= 0.6 is 11.8 Å². The molecule has 1 N–H and O–H groups in total. The standard InChI is InChI=1S/C23H23N3OS/c1-2-3-14-26-23(24)28-21-16-20(18-11-7-8-12-19(18)22(21)27)25-15-13-17-9-5-4-6-10-17/h4-12,14,16,24H,2-3,13,15H2,1H3. The Morgan fingerprint density at radius 2 is 1.79 bits per heavy atom. The number of hydrogen-bond acceptors (Lipinski definition) is 4. The van der Waals surface area contributed by atoms with Crippen LogP contribution in [-0.4, -0.2) is 29.4 Å². The van der Waals surface area contributed by atoms with Gasteiger partial charge in [0.15, 0.2) is 5.17 Å². The van der Waals surface area contributed by atoms with E-state index in [1.54, 1.807) is 12.3 Å². The lowest BCUT2D eigenvalue weighted by molar-refractivity contribution is 0.104. The Kier molecular flexibility index (Phi) is 7.09. The van der Waals surface area contributed by atoms with E-state index >= 15 is 0 Å². The monoisotopic (exact) mass is 389 g/mol. The molecule has 0 radical (unpaired) electrons. The number of rotatable bonds is 6. The zero-order valence-corrected chi connectivity index (χ0v) is 16.7. The topological polar surface area (TPSA) is 65.6 Å². The Labute approximate surface area is 170 Å². The molecule has 4 nitrogen and oxygen atoms in total. The summed E-state index contributed by atoms with van der Waals surface area (Å²) in [7, 11) is 0. The molecule has 28 heavy (non-hydrogen) atoms. The van der Waals surface area contributed by atoms with E-state index in [-0.39, 0.29) is 11.0 Å². The van der Waals surface area contributed by atoms with Crippen molar-refractivity contribution in [2.45, 2.75) is 26.2 Å². The zero-order chi connectivity index (χ0) is 19.8. The summed E-state index contributed by atoms with van der Waals surface area (Å²) in [6, 6.07) is 17.8. The van der Waals surface area contributed by atoms with Crippen molar-refractivity contribution in [3.63, 3.8) is 0 Å². The van der Waals surface area contributed by atoms with Crippen LogP contribution in [0.1, 0.15) is 41.3 Å². The number of nitrogens with one attached hydrogen (secondary N) is 1. The first kappa shape index (κ1) is 20.0. The second kappa shape index (κ2) is 9.95. The lowest BCUT2D eigenvalue weighted by Gasteiger charge is -2.16. The molecule has 0 amide bonds. The van der Waals surface area contributed by atoms with Crippen LogP contribution < -0.4 is 0 Å². The summed E-state index contributed by atoms with van der Waals surface area (Å²) in [6.45, 7) is 2.70. The highest BCUT2D eigenvalue weighted by atomic mass is 32.2. The Morgan fingerprint density at radius 1 is 1.07 bits per heavy atom. The van der Waals surface area contributed by atoms with Crippen molar-refractivity contribution >= 4 is 34.6 Å². The first-order valence-electron chi connectivity index (χ1n) is 9.42. The lowest BCUT2D eigenvalue weighted by atomic mass is 9.94. The number of hydrogen-bond donors (Lipinski definition) is 1. The number of carbonyl (C=O) groups excluding carboxylic acids is 1. The molecule has 2 aromatic rings. The van der Waals surface area contributed by atoms with Gasteiger partial charge in [-0.2, -0.15) is 0 Å². The molecule has 1 aliphatic carbocycles. The van der Waals surface area contributed by atoms with Crippen molar-refractivity contribution in [3.8, 4) is 0 Å². The molecule has 0 saturated carbocycles. The van der Waals surface area contributed by atoms with Gasteiger partial charge < -0.3 is 0 Å². The quantitative estimate of drug-likeness (QED) is 0.535. The minimum atomic E-state index is -0.0712. The molecule has 2 aromatic carbocycles. The lowest BCUT2D eigenvalue weighted by Crippen LogP contribution is -2.17. The average molecular weight is 390 g/mol. The molecule has 0 atom stereocenters. The van der Waals surface area contributed by atoms with Gasteiger partial charge >= 0.3 is 0 Å². The van der Waals surface area contributed by atoms with Gasteiger partial charge in [-0.1, -0.05) is 67.9 Å². The Hall–Kier alpha value is -2.79. The van der Waals surface area contributed by atoms with Crippen molar-refractivity contribution in [1.29, 1.82) is 5.41 Å². The fraction of sp³-hybridized carbons (Fsp3) is 0.217. The van der Waals surface area contributed by atoms with Gasteiger partial charge in [-0.15, -0.1) is 0 Å². The van der Waals surface area contributed by atoms with Gasteiger partial charge in [-0.25, -0.2) is 4.99 Å². The largest absolute Gasteiger partial charge is 0.288 e. The predicted octanol–water partition coefficient (Wildman–Crippen LogP) is 5.34. The molecular formula is C23H23N3OS.